The van der Waals surface area contributed by atoms with E-state index in [2.05, 4.69) is 74.8 Å². The van der Waals surface area contributed by atoms with E-state index in [9.17, 15) is 44.2 Å². The summed E-state index contributed by atoms with van der Waals surface area (Å²) in [7, 11) is 0. The maximum Gasteiger partial charge on any atom is 0.270 e. The van der Waals surface area contributed by atoms with Gasteiger partial charge in [-0.1, -0.05) is 115 Å². The van der Waals surface area contributed by atoms with E-state index in [1.807, 2.05) is 201 Å². The van der Waals surface area contributed by atoms with Crippen LogP contribution in [0.2, 0.25) is 0 Å². The molecule has 0 saturated carbocycles. The summed E-state index contributed by atoms with van der Waals surface area (Å²) < 4.78 is 0. The monoisotopic (exact) mass is 1890 g/mol. The average molecular weight is 1890 g/mol. The number of H-pyrrole nitrogens is 4. The van der Waals surface area contributed by atoms with Gasteiger partial charge in [0.05, 0.1) is 26.1 Å². The lowest BCUT2D eigenvalue weighted by Gasteiger charge is -2.32. The van der Waals surface area contributed by atoms with Crippen LogP contribution in [-0.2, 0) is 17.6 Å². The van der Waals surface area contributed by atoms with Gasteiger partial charge in [0.15, 0.2) is 0 Å². The molecule has 0 unspecified atom stereocenters. The summed E-state index contributed by atoms with van der Waals surface area (Å²) in [6.07, 6.45) is 19.7. The first kappa shape index (κ1) is 92.4. The predicted molar refractivity (Wildman–Crippen MR) is 524 cm³/mol. The molecule has 0 aliphatic carbocycles. The number of fused-ring (bicyclic) bond motifs is 4. The molecule has 8 aromatic carbocycles. The van der Waals surface area contributed by atoms with Crippen molar-refractivity contribution in [3.63, 3.8) is 0 Å². The second kappa shape index (κ2) is 44.7. The molecule has 0 bridgehead atoms. The lowest BCUT2D eigenvalue weighted by molar-refractivity contribution is -0.384. The Labute approximate surface area is 768 Å². The first-order valence-corrected chi connectivity index (χ1v) is 44.6. The number of thiophene rings is 3. The van der Waals surface area contributed by atoms with Gasteiger partial charge in [0.25, 0.3) is 35.0 Å². The van der Waals surface area contributed by atoms with Gasteiger partial charge in [0.1, 0.15) is 10.8 Å². The van der Waals surface area contributed by atoms with E-state index in [1.165, 1.54) is 56.9 Å². The van der Waals surface area contributed by atoms with Crippen LogP contribution in [0.3, 0.4) is 0 Å². The number of carbonyl (C=O) groups is 5. The molecule has 11 heterocycles. The second-order valence-corrected chi connectivity index (χ2v) is 33.7. The van der Waals surface area contributed by atoms with Crippen LogP contribution < -0.4 is 0 Å². The van der Waals surface area contributed by atoms with Crippen molar-refractivity contribution in [2.75, 3.05) is 58.6 Å². The first-order valence-electron chi connectivity index (χ1n) is 40.7. The zero-order chi connectivity index (χ0) is 86.4. The smallest absolute Gasteiger partial charge is 0.270 e. The number of hydrogen-bond acceptors (Lipinski definition) is 16. The third-order valence-electron chi connectivity index (χ3n) is 22.1. The van der Waals surface area contributed by atoms with E-state index >= 15 is 0 Å². The summed E-state index contributed by atoms with van der Waals surface area (Å²) in [5.41, 5.74) is 16.6. The van der Waals surface area contributed by atoms with Crippen LogP contribution in [0.1, 0.15) is 128 Å². The fourth-order valence-corrected chi connectivity index (χ4v) is 18.0. The van der Waals surface area contributed by atoms with Gasteiger partial charge >= 0.3 is 0 Å². The normalized spacial score (nSPS) is 13.6. The molecule has 19 rings (SSSR count). The third kappa shape index (κ3) is 23.6. The van der Waals surface area contributed by atoms with Crippen molar-refractivity contribution in [2.45, 2.75) is 57.3 Å². The highest BCUT2D eigenvalue weighted by Crippen LogP contribution is 2.37. The molecule has 642 valence electrons. The number of ketones is 1. The summed E-state index contributed by atoms with van der Waals surface area (Å²) in [6.45, 7) is 5.19. The maximum atomic E-state index is 12.8. The van der Waals surface area contributed by atoms with Crippen molar-refractivity contribution in [3.8, 4) is 0 Å². The molecule has 4 aliphatic heterocycles. The second-order valence-electron chi connectivity index (χ2n) is 30.0. The number of nitrogens with zero attached hydrogens (tertiary/aromatic N) is 6. The van der Waals surface area contributed by atoms with Crippen molar-refractivity contribution in [1.29, 1.82) is 16.2 Å². The molecule has 4 amide bonds. The third-order valence-corrected chi connectivity index (χ3v) is 25.6. The number of hydrogen-bond donors (Lipinski definition) is 7. The Morgan fingerprint density at radius 2 is 0.825 bits per heavy atom. The van der Waals surface area contributed by atoms with Crippen molar-refractivity contribution >= 4 is 194 Å². The molecule has 126 heavy (non-hydrogen) atoms. The van der Waals surface area contributed by atoms with Crippen LogP contribution in [0.5, 0.6) is 0 Å². The van der Waals surface area contributed by atoms with Gasteiger partial charge in [-0.3, -0.25) is 49.6 Å². The highest BCUT2D eigenvalue weighted by atomic mass is 127. The van der Waals surface area contributed by atoms with Crippen molar-refractivity contribution in [2.24, 2.45) is 0 Å². The average Bonchev–Trinajstić information content (AvgIpc) is 1.64. The Balaban J connectivity index is 0.000000144. The maximum absolute atomic E-state index is 12.8. The highest BCUT2D eigenvalue weighted by Gasteiger charge is 2.29. The minimum atomic E-state index is -0.396. The number of benzene rings is 8. The van der Waals surface area contributed by atoms with Crippen LogP contribution in [0.15, 0.2) is 290 Å². The van der Waals surface area contributed by atoms with E-state index in [0.717, 1.165) is 114 Å². The zero-order valence-corrected chi connectivity index (χ0v) is 75.3. The molecule has 2 fully saturated rings. The molecule has 22 nitrogen and oxygen atoms in total. The lowest BCUT2D eigenvalue weighted by Crippen LogP contribution is -2.38. The number of likely N-dealkylation sites (tertiary alicyclic amines) is 2. The number of nitrogens with one attached hydrogen (secondary N) is 7. The standard InChI is InChI=1S/C26H25N3OS.C26H23N3OS.C20H17N3O3.C12H13NO2.C8H6N2O2.C6H7NS2.ClH.HI/c2*27-23(25-7-4-14-31-25)16-18-8-9-24-21(15-18)22(17-28-24)19-10-12-29(13-11-19)26(30)20-5-2-1-3-6-20;24-20(15-4-2-1-3-5-15)22-10-8-14(9-11-22)18-13-21-19-7-6-16(23(25)26)12-17(18)19;14-11-6-8-13(9-7-11)12(15)10-4-2-1-3-5-10;11-10(12)7-1-2-8-6(5-7)3-4-9-8;1-8-6(7)5-3-2-4-9-5;;/h1-9,14-15,17,19,27-28H,10-13,16H2;1-10,14-15,17,27-28H,11-13,16H2;1-8,12-13,21H,9-11H2;1-5H,6-9H2;1-5,9H;2-4,7H,1H3;2*1H. The van der Waals surface area contributed by atoms with E-state index in [-0.39, 0.29) is 82.1 Å². The quantitative estimate of drug-likeness (QED) is 0.0158. The van der Waals surface area contributed by atoms with Crippen LogP contribution in [-0.4, -0.2) is 154 Å². The number of non-ortho nitro benzene ring substituents is 2. The summed E-state index contributed by atoms with van der Waals surface area (Å²) >= 11 is 6.32. The number of carbonyl (C=O) groups excluding carboxylic acids is 5. The van der Waals surface area contributed by atoms with Crippen molar-refractivity contribution < 1.29 is 33.8 Å². The van der Waals surface area contributed by atoms with Crippen LogP contribution in [0, 0.1) is 36.5 Å². The molecule has 0 radical (unpaired) electrons. The molecule has 2 saturated heterocycles. The van der Waals surface area contributed by atoms with Gasteiger partial charge in [0, 0.05) is 214 Å². The molecule has 0 atom stereocenters. The van der Waals surface area contributed by atoms with Gasteiger partial charge in [-0.15, -0.1) is 82.2 Å². The number of rotatable bonds is 16. The Morgan fingerprint density at radius 3 is 1.25 bits per heavy atom. The fourth-order valence-electron chi connectivity index (χ4n) is 15.4. The topological polar surface area (TPSA) is 319 Å². The number of nitro benzene ring substituents is 2. The number of piperidine rings is 2. The zero-order valence-electron chi connectivity index (χ0n) is 68.9. The fraction of sp³-hybridized carbons (Fsp3) is 0.184. The number of aromatic nitrogens is 4. The Kier molecular flexibility index (Phi) is 32.8. The highest BCUT2D eigenvalue weighted by molar-refractivity contribution is 14.0. The Bertz CT molecular complexity index is 6360. The Morgan fingerprint density at radius 1 is 0.437 bits per heavy atom. The predicted octanol–water partition coefficient (Wildman–Crippen LogP) is 22.7. The molecule has 15 aromatic rings. The number of amides is 4. The first-order chi connectivity index (χ1) is 60.4. The number of thioether (sulfide) groups is 1. The summed E-state index contributed by atoms with van der Waals surface area (Å²) in [5, 5.41) is 56.4. The van der Waals surface area contributed by atoms with Crippen LogP contribution in [0.25, 0.3) is 54.8 Å². The van der Waals surface area contributed by atoms with Gasteiger partial charge in [-0.2, -0.15) is 0 Å². The van der Waals surface area contributed by atoms with Gasteiger partial charge < -0.3 is 50.4 Å². The largest absolute Gasteiger partial charge is 0.361 e. The van der Waals surface area contributed by atoms with E-state index in [0.29, 0.717) is 98.3 Å². The molecule has 28 heteroatoms. The minimum absolute atomic E-state index is 0. The summed E-state index contributed by atoms with van der Waals surface area (Å²) in [4.78, 5) is 105. The van der Waals surface area contributed by atoms with Gasteiger partial charge in [0.2, 0.25) is 0 Å². The van der Waals surface area contributed by atoms with Gasteiger partial charge in [-0.25, -0.2) is 0 Å². The molecular weight excluding hydrogens is 1790 g/mol. The van der Waals surface area contributed by atoms with E-state index in [4.69, 9.17) is 16.2 Å². The molecule has 0 spiro atoms. The number of halogens is 2. The Hall–Kier alpha value is -12.8. The molecule has 7 aromatic heterocycles. The number of Topliss-reactive ketones (excluding diaryl/α,β-unsaturated/α-hetero) is 1. The molecule has 7 N–H and O–H groups in total. The van der Waals surface area contributed by atoms with E-state index < -0.39 is 4.92 Å². The van der Waals surface area contributed by atoms with Crippen molar-refractivity contribution in [3.05, 3.63) is 375 Å². The summed E-state index contributed by atoms with van der Waals surface area (Å²) in [5.74, 6) is 0.975. The molecular formula is C98H93ClIN13O9S4. The van der Waals surface area contributed by atoms with E-state index in [1.54, 1.807) is 81.5 Å². The lowest BCUT2D eigenvalue weighted by atomic mass is 9.88. The van der Waals surface area contributed by atoms with Crippen LogP contribution in [0.4, 0.5) is 11.4 Å². The van der Waals surface area contributed by atoms with Gasteiger partial charge in [-0.05, 0) is 191 Å². The number of nitro groups is 2. The molecule has 4 aliphatic rings. The van der Waals surface area contributed by atoms with Crippen molar-refractivity contribution in [1.82, 2.24) is 39.5 Å². The number of aromatic amines is 4. The summed E-state index contributed by atoms with van der Waals surface area (Å²) in [6, 6.07) is 73.7. The minimum Gasteiger partial charge on any atom is -0.361 e. The SMILES string of the molecule is CSC(=N)c1cccs1.Cl.I.N=C(Cc1ccc2[nH]cc(C3=CCN(C(=O)c4ccccc4)CC3)c2c1)c1cccs1.N=C(Cc1ccc2[nH]cc(C3CCN(C(=O)c4ccccc4)CC3)c2c1)c1cccs1.O=C(c1ccccc1)N1CC=C(c2c[nH]c3ccc([N+](=O)[O-])cc23)CC1.O=C1CCN(C(=O)c2ccccc2)CC1.O=[N+]([O-])c1ccc2[nH]ccc2c1. The van der Waals surface area contributed by atoms with Crippen LogP contribution >= 0.6 is 82.2 Å².